The predicted octanol–water partition coefficient (Wildman–Crippen LogP) is 4.28. The van der Waals surface area contributed by atoms with Crippen LogP contribution in [0.4, 0.5) is 18.9 Å². The van der Waals surface area contributed by atoms with E-state index in [0.29, 0.717) is 16.0 Å². The van der Waals surface area contributed by atoms with Crippen LogP contribution in [0.25, 0.3) is 16.8 Å². The van der Waals surface area contributed by atoms with E-state index in [1.165, 1.54) is 26.2 Å². The van der Waals surface area contributed by atoms with Crippen molar-refractivity contribution in [1.29, 1.82) is 0 Å². The summed E-state index contributed by atoms with van der Waals surface area (Å²) in [5.74, 6) is -0.303. The number of fused-ring (bicyclic) bond motifs is 1. The van der Waals surface area contributed by atoms with Gasteiger partial charge >= 0.3 is 6.18 Å². The molecule has 0 radical (unpaired) electrons. The van der Waals surface area contributed by atoms with Crippen molar-refractivity contribution in [3.05, 3.63) is 81.9 Å². The molecule has 0 saturated carbocycles. The lowest BCUT2D eigenvalue weighted by atomic mass is 10.1. The van der Waals surface area contributed by atoms with Gasteiger partial charge in [-0.15, -0.1) is 0 Å². The molecule has 164 valence electrons. The van der Waals surface area contributed by atoms with E-state index < -0.39 is 23.3 Å². The number of H-pyrrole nitrogens is 1. The zero-order chi connectivity index (χ0) is 23.0. The van der Waals surface area contributed by atoms with E-state index in [-0.39, 0.29) is 28.0 Å². The molecule has 0 bridgehead atoms. The van der Waals surface area contributed by atoms with Crippen LogP contribution in [0.3, 0.4) is 0 Å². The minimum absolute atomic E-state index is 0.105. The van der Waals surface area contributed by atoms with Gasteiger partial charge in [0.1, 0.15) is 17.0 Å². The molecule has 4 aromatic rings. The number of hydrogen-bond donors (Lipinski definition) is 2. The molecule has 32 heavy (non-hydrogen) atoms. The van der Waals surface area contributed by atoms with Crippen molar-refractivity contribution < 1.29 is 22.7 Å². The number of aryl methyl sites for hydroxylation is 1. The summed E-state index contributed by atoms with van der Waals surface area (Å²) in [6.45, 7) is 1.44. The highest BCUT2D eigenvalue weighted by Crippen LogP contribution is 2.38. The normalized spacial score (nSPS) is 11.5. The maximum atomic E-state index is 13.7. The SMILES string of the molecule is COc1cccc(NC(=O)c2c(C)[nH]c3c(-c4ccccc4)c(C(F)(F)F)nn3c2=O)c1. The maximum Gasteiger partial charge on any atom is 0.435 e. The number of aromatic amines is 1. The van der Waals surface area contributed by atoms with Crippen molar-refractivity contribution in [3.8, 4) is 16.9 Å². The number of carbonyl (C=O) groups excluding carboxylic acids is 1. The second-order valence-electron chi connectivity index (χ2n) is 6.96. The number of hydrogen-bond acceptors (Lipinski definition) is 4. The number of nitrogens with zero attached hydrogens (tertiary/aromatic N) is 2. The number of nitrogens with one attached hydrogen (secondary N) is 2. The fraction of sp³-hybridized carbons (Fsp3) is 0.136. The number of amides is 1. The molecule has 0 aliphatic rings. The number of aromatic nitrogens is 3. The minimum Gasteiger partial charge on any atom is -0.497 e. The second kappa shape index (κ2) is 7.88. The summed E-state index contributed by atoms with van der Waals surface area (Å²) < 4.78 is 46.9. The Morgan fingerprint density at radius 2 is 1.84 bits per heavy atom. The van der Waals surface area contributed by atoms with Gasteiger partial charge in [-0.2, -0.15) is 22.8 Å². The highest BCUT2D eigenvalue weighted by Gasteiger charge is 2.39. The Hall–Kier alpha value is -4.08. The van der Waals surface area contributed by atoms with Crippen LogP contribution in [0.1, 0.15) is 21.7 Å². The smallest absolute Gasteiger partial charge is 0.435 e. The van der Waals surface area contributed by atoms with Gasteiger partial charge in [0.15, 0.2) is 5.69 Å². The maximum absolute atomic E-state index is 13.7. The average Bonchev–Trinajstić information content (AvgIpc) is 3.14. The fourth-order valence-corrected chi connectivity index (χ4v) is 3.43. The largest absolute Gasteiger partial charge is 0.497 e. The van der Waals surface area contributed by atoms with E-state index in [1.807, 2.05) is 0 Å². The zero-order valence-corrected chi connectivity index (χ0v) is 16.9. The number of rotatable bonds is 4. The first-order valence-corrected chi connectivity index (χ1v) is 9.44. The van der Waals surface area contributed by atoms with Gasteiger partial charge in [-0.25, -0.2) is 0 Å². The Morgan fingerprint density at radius 1 is 1.12 bits per heavy atom. The lowest BCUT2D eigenvalue weighted by Crippen LogP contribution is -2.29. The number of anilines is 1. The fourth-order valence-electron chi connectivity index (χ4n) is 3.43. The molecule has 0 spiro atoms. The summed E-state index contributed by atoms with van der Waals surface area (Å²) >= 11 is 0. The lowest BCUT2D eigenvalue weighted by molar-refractivity contribution is -0.140. The van der Waals surface area contributed by atoms with Crippen molar-refractivity contribution in [2.45, 2.75) is 13.1 Å². The summed E-state index contributed by atoms with van der Waals surface area (Å²) in [6.07, 6.45) is -4.81. The quantitative estimate of drug-likeness (QED) is 0.494. The average molecular weight is 442 g/mol. The van der Waals surface area contributed by atoms with Crippen molar-refractivity contribution in [2.24, 2.45) is 0 Å². The molecule has 0 saturated heterocycles. The molecule has 2 aromatic carbocycles. The summed E-state index contributed by atoms with van der Waals surface area (Å²) in [4.78, 5) is 28.6. The van der Waals surface area contributed by atoms with Crippen LogP contribution in [-0.4, -0.2) is 27.6 Å². The van der Waals surface area contributed by atoms with Gasteiger partial charge < -0.3 is 15.0 Å². The lowest BCUT2D eigenvalue weighted by Gasteiger charge is -2.10. The van der Waals surface area contributed by atoms with E-state index in [0.717, 1.165) is 0 Å². The topological polar surface area (TPSA) is 88.5 Å². The van der Waals surface area contributed by atoms with Crippen molar-refractivity contribution in [3.63, 3.8) is 0 Å². The van der Waals surface area contributed by atoms with Gasteiger partial charge in [-0.1, -0.05) is 36.4 Å². The number of alkyl halides is 3. The number of methoxy groups -OCH3 is 1. The minimum atomic E-state index is -4.81. The molecule has 10 heteroatoms. The molecule has 1 amide bonds. The number of benzene rings is 2. The molecule has 2 aromatic heterocycles. The van der Waals surface area contributed by atoms with E-state index >= 15 is 0 Å². The highest BCUT2D eigenvalue weighted by molar-refractivity contribution is 6.05. The molecular formula is C22H17F3N4O3. The van der Waals surface area contributed by atoms with E-state index in [1.54, 1.807) is 42.5 Å². The second-order valence-corrected chi connectivity index (χ2v) is 6.96. The van der Waals surface area contributed by atoms with Crippen LogP contribution in [0, 0.1) is 6.92 Å². The molecule has 7 nitrogen and oxygen atoms in total. The number of carbonyl (C=O) groups is 1. The first-order chi connectivity index (χ1) is 15.2. The molecule has 0 aliphatic heterocycles. The predicted molar refractivity (Wildman–Crippen MR) is 112 cm³/mol. The Balaban J connectivity index is 1.88. The zero-order valence-electron chi connectivity index (χ0n) is 16.9. The van der Waals surface area contributed by atoms with Gasteiger partial charge in [0.25, 0.3) is 11.5 Å². The molecule has 2 N–H and O–H groups in total. The van der Waals surface area contributed by atoms with Crippen LogP contribution in [0.15, 0.2) is 59.4 Å². The van der Waals surface area contributed by atoms with Crippen LogP contribution < -0.4 is 15.6 Å². The van der Waals surface area contributed by atoms with Crippen LogP contribution in [0.5, 0.6) is 5.75 Å². The van der Waals surface area contributed by atoms with Crippen LogP contribution in [0.2, 0.25) is 0 Å². The van der Waals surface area contributed by atoms with Crippen molar-refractivity contribution >= 4 is 17.2 Å². The Morgan fingerprint density at radius 3 is 2.50 bits per heavy atom. The van der Waals surface area contributed by atoms with E-state index in [4.69, 9.17) is 4.74 Å². The molecule has 2 heterocycles. The Kier molecular flexibility index (Phi) is 5.21. The summed E-state index contributed by atoms with van der Waals surface area (Å²) in [5.41, 5.74) is -2.26. The van der Waals surface area contributed by atoms with Gasteiger partial charge in [0.05, 0.1) is 12.7 Å². The van der Waals surface area contributed by atoms with Gasteiger partial charge in [-0.3, -0.25) is 9.59 Å². The Labute approximate surface area is 179 Å². The third-order valence-corrected chi connectivity index (χ3v) is 4.86. The summed E-state index contributed by atoms with van der Waals surface area (Å²) in [5, 5.41) is 6.09. The molecule has 0 fully saturated rings. The molecular weight excluding hydrogens is 425 g/mol. The van der Waals surface area contributed by atoms with Gasteiger partial charge in [0.2, 0.25) is 0 Å². The van der Waals surface area contributed by atoms with Gasteiger partial charge in [-0.05, 0) is 24.6 Å². The molecule has 0 aliphatic carbocycles. The molecule has 4 rings (SSSR count). The van der Waals surface area contributed by atoms with Crippen LogP contribution >= 0.6 is 0 Å². The Bertz CT molecular complexity index is 1380. The van der Waals surface area contributed by atoms with E-state index in [2.05, 4.69) is 15.4 Å². The summed E-state index contributed by atoms with van der Waals surface area (Å²) in [6, 6.07) is 14.3. The number of halogens is 3. The van der Waals surface area contributed by atoms with E-state index in [9.17, 15) is 22.8 Å². The molecule has 0 atom stereocenters. The first-order valence-electron chi connectivity index (χ1n) is 9.44. The number of ether oxygens (including phenoxy) is 1. The standard InChI is InChI=1S/C22H17F3N4O3/c1-12-16(20(30)27-14-9-6-10-15(11-14)32-2)21(31)29-19(26-12)17(13-7-4-3-5-8-13)18(28-29)22(23,24)25/h3-11,26H,1-2H3,(H,27,30). The third-order valence-electron chi connectivity index (χ3n) is 4.86. The highest BCUT2D eigenvalue weighted by atomic mass is 19.4. The van der Waals surface area contributed by atoms with Crippen molar-refractivity contribution in [2.75, 3.05) is 12.4 Å². The van der Waals surface area contributed by atoms with Crippen LogP contribution in [-0.2, 0) is 6.18 Å². The molecule has 0 unspecified atom stereocenters. The van der Waals surface area contributed by atoms with Gasteiger partial charge in [0, 0.05) is 17.4 Å². The first kappa shape index (κ1) is 21.2. The van der Waals surface area contributed by atoms with Crippen molar-refractivity contribution in [1.82, 2.24) is 14.6 Å². The summed E-state index contributed by atoms with van der Waals surface area (Å²) in [7, 11) is 1.46. The third kappa shape index (κ3) is 3.70. The monoisotopic (exact) mass is 442 g/mol.